The average molecular weight is 255 g/mol. The van der Waals surface area contributed by atoms with Crippen molar-refractivity contribution in [1.29, 1.82) is 0 Å². The number of benzene rings is 1. The fourth-order valence-electron chi connectivity index (χ4n) is 1.91. The summed E-state index contributed by atoms with van der Waals surface area (Å²) in [5.74, 6) is 0. The molecule has 1 aromatic carbocycles. The van der Waals surface area contributed by atoms with Crippen LogP contribution in [-0.2, 0) is 15.4 Å². The van der Waals surface area contributed by atoms with E-state index in [1.807, 2.05) is 26.0 Å². The third-order valence-electron chi connectivity index (χ3n) is 2.86. The molecule has 0 saturated carbocycles. The van der Waals surface area contributed by atoms with Gasteiger partial charge in [-0.05, 0) is 43.0 Å². The van der Waals surface area contributed by atoms with Crippen molar-refractivity contribution in [3.05, 3.63) is 28.8 Å². The molecule has 0 heterocycles. The third kappa shape index (κ3) is 2.87. The molecule has 0 amide bonds. The topological polar surface area (TPSA) is 46.2 Å². The highest BCUT2D eigenvalue weighted by Crippen LogP contribution is 2.28. The van der Waals surface area contributed by atoms with E-state index in [1.54, 1.807) is 0 Å². The van der Waals surface area contributed by atoms with Gasteiger partial charge in [-0.3, -0.25) is 0 Å². The maximum absolute atomic E-state index is 11.9. The van der Waals surface area contributed by atoms with Gasteiger partial charge in [-0.2, -0.15) is 0 Å². The molecule has 1 N–H and O–H groups in total. The third-order valence-corrected chi connectivity index (χ3v) is 4.58. The molecule has 0 fully saturated rings. The van der Waals surface area contributed by atoms with Gasteiger partial charge in [-0.1, -0.05) is 32.9 Å². The molecule has 1 rings (SSSR count). The lowest BCUT2D eigenvalue weighted by Crippen LogP contribution is -2.22. The SMILES string of the molecule is CNS(=O)(=O)c1c(C)cc(C(C)(C)C)cc1C. The Morgan fingerprint density at radius 3 is 1.76 bits per heavy atom. The zero-order valence-electron chi connectivity index (χ0n) is 11.4. The van der Waals surface area contributed by atoms with Crippen molar-refractivity contribution >= 4 is 10.0 Å². The molecular formula is C13H21NO2S. The van der Waals surface area contributed by atoms with E-state index in [1.165, 1.54) is 7.05 Å². The molecule has 1 aromatic rings. The molecule has 0 aliphatic rings. The van der Waals surface area contributed by atoms with Crippen molar-refractivity contribution in [2.75, 3.05) is 7.05 Å². The lowest BCUT2D eigenvalue weighted by Gasteiger charge is -2.22. The Morgan fingerprint density at radius 2 is 1.47 bits per heavy atom. The van der Waals surface area contributed by atoms with Gasteiger partial charge in [0.1, 0.15) is 0 Å². The minimum absolute atomic E-state index is 0.0253. The quantitative estimate of drug-likeness (QED) is 0.882. The molecule has 96 valence electrons. The van der Waals surface area contributed by atoms with Crippen molar-refractivity contribution in [2.45, 2.75) is 44.9 Å². The molecule has 0 aliphatic carbocycles. The van der Waals surface area contributed by atoms with Crippen LogP contribution in [0.3, 0.4) is 0 Å². The number of rotatable bonds is 2. The van der Waals surface area contributed by atoms with Crippen molar-refractivity contribution in [3.63, 3.8) is 0 Å². The molecule has 0 radical (unpaired) electrons. The summed E-state index contributed by atoms with van der Waals surface area (Å²) < 4.78 is 26.2. The predicted octanol–water partition coefficient (Wildman–Crippen LogP) is 2.51. The van der Waals surface area contributed by atoms with Gasteiger partial charge in [0.15, 0.2) is 0 Å². The molecule has 0 bridgehead atoms. The van der Waals surface area contributed by atoms with Gasteiger partial charge in [-0.15, -0.1) is 0 Å². The molecule has 4 heteroatoms. The number of hydrogen-bond acceptors (Lipinski definition) is 2. The van der Waals surface area contributed by atoms with Gasteiger partial charge < -0.3 is 0 Å². The molecule has 0 aliphatic heterocycles. The molecule has 0 aromatic heterocycles. The van der Waals surface area contributed by atoms with E-state index in [2.05, 4.69) is 25.5 Å². The van der Waals surface area contributed by atoms with Crippen molar-refractivity contribution in [3.8, 4) is 0 Å². The highest BCUT2D eigenvalue weighted by atomic mass is 32.2. The van der Waals surface area contributed by atoms with Gasteiger partial charge in [-0.25, -0.2) is 13.1 Å². The first-order valence-electron chi connectivity index (χ1n) is 5.65. The van der Waals surface area contributed by atoms with Crippen molar-refractivity contribution in [1.82, 2.24) is 4.72 Å². The Balaban J connectivity index is 3.51. The van der Waals surface area contributed by atoms with Crippen LogP contribution in [0, 0.1) is 13.8 Å². The summed E-state index contributed by atoms with van der Waals surface area (Å²) in [4.78, 5) is 0.396. The molecule has 0 spiro atoms. The monoisotopic (exact) mass is 255 g/mol. The van der Waals surface area contributed by atoms with E-state index < -0.39 is 10.0 Å². The Bertz CT molecular complexity index is 502. The predicted molar refractivity (Wildman–Crippen MR) is 70.9 cm³/mol. The largest absolute Gasteiger partial charge is 0.240 e. The summed E-state index contributed by atoms with van der Waals surface area (Å²) in [5, 5.41) is 0. The van der Waals surface area contributed by atoms with E-state index in [-0.39, 0.29) is 5.41 Å². The minimum atomic E-state index is -3.37. The van der Waals surface area contributed by atoms with Gasteiger partial charge in [0.05, 0.1) is 4.90 Å². The van der Waals surface area contributed by atoms with Crippen LogP contribution in [0.2, 0.25) is 0 Å². The maximum atomic E-state index is 11.9. The van der Waals surface area contributed by atoms with E-state index in [0.29, 0.717) is 4.90 Å². The highest BCUT2D eigenvalue weighted by Gasteiger charge is 2.21. The van der Waals surface area contributed by atoms with Crippen LogP contribution < -0.4 is 4.72 Å². The van der Waals surface area contributed by atoms with E-state index >= 15 is 0 Å². The lowest BCUT2D eigenvalue weighted by molar-refractivity contribution is 0.580. The highest BCUT2D eigenvalue weighted by molar-refractivity contribution is 7.89. The van der Waals surface area contributed by atoms with Crippen molar-refractivity contribution < 1.29 is 8.42 Å². The summed E-state index contributed by atoms with van der Waals surface area (Å²) in [6, 6.07) is 3.91. The van der Waals surface area contributed by atoms with Crippen LogP contribution in [0.5, 0.6) is 0 Å². The minimum Gasteiger partial charge on any atom is -0.214 e. The molecular weight excluding hydrogens is 234 g/mol. The molecule has 0 atom stereocenters. The molecule has 3 nitrogen and oxygen atoms in total. The smallest absolute Gasteiger partial charge is 0.214 e. The van der Waals surface area contributed by atoms with Crippen LogP contribution in [0.15, 0.2) is 17.0 Å². The maximum Gasteiger partial charge on any atom is 0.240 e. The second-order valence-corrected chi connectivity index (χ2v) is 7.22. The summed E-state index contributed by atoms with van der Waals surface area (Å²) in [5.41, 5.74) is 2.77. The number of aryl methyl sites for hydroxylation is 2. The molecule has 0 unspecified atom stereocenters. The second-order valence-electron chi connectivity index (χ2n) is 5.40. The number of nitrogens with one attached hydrogen (secondary N) is 1. The Morgan fingerprint density at radius 1 is 1.06 bits per heavy atom. The van der Waals surface area contributed by atoms with Crippen molar-refractivity contribution in [2.24, 2.45) is 0 Å². The summed E-state index contributed by atoms with van der Waals surface area (Å²) >= 11 is 0. The molecule has 0 saturated heterocycles. The van der Waals surface area contributed by atoms with Gasteiger partial charge in [0, 0.05) is 0 Å². The van der Waals surface area contributed by atoms with Crippen LogP contribution in [0.25, 0.3) is 0 Å². The van der Waals surface area contributed by atoms with Crippen LogP contribution in [0.1, 0.15) is 37.5 Å². The Labute approximate surface area is 104 Å². The number of hydrogen-bond donors (Lipinski definition) is 1. The van der Waals surface area contributed by atoms with E-state index in [9.17, 15) is 8.42 Å². The summed E-state index contributed by atoms with van der Waals surface area (Å²) in [6.07, 6.45) is 0. The van der Waals surface area contributed by atoms with Crippen LogP contribution in [-0.4, -0.2) is 15.5 Å². The number of sulfonamides is 1. The van der Waals surface area contributed by atoms with Gasteiger partial charge >= 0.3 is 0 Å². The second kappa shape index (κ2) is 4.42. The zero-order chi connectivity index (χ0) is 13.4. The lowest BCUT2D eigenvalue weighted by atomic mass is 9.85. The van der Waals surface area contributed by atoms with Crippen LogP contribution in [0.4, 0.5) is 0 Å². The Kier molecular flexibility index (Phi) is 3.69. The average Bonchev–Trinajstić information content (AvgIpc) is 2.14. The first kappa shape index (κ1) is 14.2. The fraction of sp³-hybridized carbons (Fsp3) is 0.538. The first-order valence-corrected chi connectivity index (χ1v) is 7.13. The fourth-order valence-corrected chi connectivity index (χ4v) is 3.08. The summed E-state index contributed by atoms with van der Waals surface area (Å²) in [7, 11) is -1.94. The van der Waals surface area contributed by atoms with E-state index in [4.69, 9.17) is 0 Å². The zero-order valence-corrected chi connectivity index (χ0v) is 12.2. The van der Waals surface area contributed by atoms with Gasteiger partial charge in [0.25, 0.3) is 0 Å². The standard InChI is InChI=1S/C13H21NO2S/c1-9-7-11(13(3,4)5)8-10(2)12(9)17(15,16)14-6/h7-8,14H,1-6H3. The normalized spacial score (nSPS) is 12.8. The van der Waals surface area contributed by atoms with Gasteiger partial charge in [0.2, 0.25) is 10.0 Å². The Hall–Kier alpha value is -0.870. The summed E-state index contributed by atoms with van der Waals surface area (Å²) in [6.45, 7) is 10.0. The van der Waals surface area contributed by atoms with E-state index in [0.717, 1.165) is 16.7 Å². The van der Waals surface area contributed by atoms with Crippen LogP contribution >= 0.6 is 0 Å². The molecule has 17 heavy (non-hydrogen) atoms. The first-order chi connectivity index (χ1) is 7.59.